The minimum Gasteiger partial charge on any atom is -0.496 e. The molecule has 5 heteroatoms. The molecule has 2 aliphatic rings. The first-order chi connectivity index (χ1) is 11.8. The summed E-state index contributed by atoms with van der Waals surface area (Å²) in [6, 6.07) is 4.25. The van der Waals surface area contributed by atoms with Gasteiger partial charge in [0.2, 0.25) is 0 Å². The molecule has 1 saturated heterocycles. The number of hydrogen-bond donors (Lipinski definition) is 2. The Kier molecular flexibility index (Phi) is 4.19. The number of anilines is 1. The van der Waals surface area contributed by atoms with Gasteiger partial charge in [-0.25, -0.2) is 0 Å². The van der Waals surface area contributed by atoms with E-state index in [1.165, 1.54) is 24.8 Å². The van der Waals surface area contributed by atoms with Crippen molar-refractivity contribution in [2.75, 3.05) is 32.1 Å². The Morgan fingerprint density at radius 3 is 2.79 bits per heavy atom. The van der Waals surface area contributed by atoms with Gasteiger partial charge >= 0.3 is 0 Å². The number of nitrogens with one attached hydrogen (secondary N) is 2. The van der Waals surface area contributed by atoms with Crippen LogP contribution in [0.4, 0.5) is 5.69 Å². The Labute approximate surface area is 142 Å². The molecule has 2 aromatic rings. The number of fused-ring (bicyclic) bond motifs is 3. The van der Waals surface area contributed by atoms with Gasteiger partial charge in [-0.1, -0.05) is 6.42 Å². The van der Waals surface area contributed by atoms with Crippen molar-refractivity contribution >= 4 is 16.6 Å². The third kappa shape index (κ3) is 2.77. The van der Waals surface area contributed by atoms with Crippen LogP contribution in [0.2, 0.25) is 0 Å². The highest BCUT2D eigenvalue weighted by molar-refractivity contribution is 5.98. The van der Waals surface area contributed by atoms with Crippen LogP contribution < -0.4 is 15.6 Å². The second-order valence-electron chi connectivity index (χ2n) is 6.90. The van der Waals surface area contributed by atoms with Gasteiger partial charge in [0.1, 0.15) is 5.75 Å². The van der Waals surface area contributed by atoms with E-state index in [4.69, 9.17) is 4.74 Å². The Hall–Kier alpha value is -2.01. The quantitative estimate of drug-likeness (QED) is 0.910. The maximum Gasteiger partial charge on any atom is 0.253 e. The number of H-pyrrole nitrogens is 1. The summed E-state index contributed by atoms with van der Waals surface area (Å²) < 4.78 is 5.68. The molecule has 0 aliphatic carbocycles. The van der Waals surface area contributed by atoms with Crippen LogP contribution in [0.5, 0.6) is 5.75 Å². The molecule has 2 N–H and O–H groups in total. The monoisotopic (exact) mass is 327 g/mol. The summed E-state index contributed by atoms with van der Waals surface area (Å²) in [5.41, 5.74) is 3.92. The fourth-order valence-electron chi connectivity index (χ4n) is 4.03. The standard InChI is InChI=1S/C19H25N3O2/c1-24-16-11-13(12-22-8-3-2-4-9-22)10-15-17(16)18-14(19(23)21-15)6-5-7-20-18/h10-11,20H,2-9,12H2,1H3,(H,21,23). The SMILES string of the molecule is COc1cc(CN2CCCCC2)cc2[nH]c(=O)c3c(c12)NCCC3. The summed E-state index contributed by atoms with van der Waals surface area (Å²) in [7, 11) is 1.71. The first kappa shape index (κ1) is 15.5. The van der Waals surface area contributed by atoms with Crippen molar-refractivity contribution in [2.24, 2.45) is 0 Å². The van der Waals surface area contributed by atoms with Gasteiger partial charge in [-0.2, -0.15) is 0 Å². The molecule has 1 aromatic carbocycles. The average Bonchev–Trinajstić information content (AvgIpc) is 2.62. The number of rotatable bonds is 3. The van der Waals surface area contributed by atoms with E-state index >= 15 is 0 Å². The fraction of sp³-hybridized carbons (Fsp3) is 0.526. The van der Waals surface area contributed by atoms with Gasteiger partial charge in [-0.3, -0.25) is 9.69 Å². The second kappa shape index (κ2) is 6.48. The minimum atomic E-state index is 0.0295. The van der Waals surface area contributed by atoms with E-state index in [0.29, 0.717) is 0 Å². The maximum absolute atomic E-state index is 12.4. The van der Waals surface area contributed by atoms with Gasteiger partial charge in [-0.15, -0.1) is 0 Å². The number of aromatic nitrogens is 1. The number of hydrogen-bond acceptors (Lipinski definition) is 4. The van der Waals surface area contributed by atoms with Gasteiger partial charge < -0.3 is 15.0 Å². The summed E-state index contributed by atoms with van der Waals surface area (Å²) in [6.45, 7) is 4.13. The van der Waals surface area contributed by atoms with Crippen LogP contribution in [0.25, 0.3) is 10.9 Å². The first-order valence-corrected chi connectivity index (χ1v) is 8.98. The van der Waals surface area contributed by atoms with Crippen molar-refractivity contribution < 1.29 is 4.74 Å². The molecule has 0 radical (unpaired) electrons. The summed E-state index contributed by atoms with van der Waals surface area (Å²) in [4.78, 5) is 18.0. The molecule has 128 valence electrons. The van der Waals surface area contributed by atoms with Crippen molar-refractivity contribution in [2.45, 2.75) is 38.6 Å². The van der Waals surface area contributed by atoms with Crippen LogP contribution in [0, 0.1) is 0 Å². The summed E-state index contributed by atoms with van der Waals surface area (Å²) in [5, 5.41) is 4.42. The van der Waals surface area contributed by atoms with Crippen molar-refractivity contribution in [1.82, 2.24) is 9.88 Å². The lowest BCUT2D eigenvalue weighted by Gasteiger charge is -2.27. The highest BCUT2D eigenvalue weighted by Gasteiger charge is 2.20. The van der Waals surface area contributed by atoms with Gasteiger partial charge in [-0.05, 0) is 56.5 Å². The number of piperidine rings is 1. The lowest BCUT2D eigenvalue weighted by molar-refractivity contribution is 0.221. The molecule has 5 nitrogen and oxygen atoms in total. The summed E-state index contributed by atoms with van der Waals surface area (Å²) in [6.07, 6.45) is 5.71. The van der Waals surface area contributed by atoms with Crippen molar-refractivity contribution in [1.29, 1.82) is 0 Å². The molecule has 4 rings (SSSR count). The number of nitrogens with zero attached hydrogens (tertiary/aromatic N) is 1. The van der Waals surface area contributed by atoms with Crippen molar-refractivity contribution in [3.63, 3.8) is 0 Å². The van der Waals surface area contributed by atoms with Gasteiger partial charge in [0, 0.05) is 18.7 Å². The topological polar surface area (TPSA) is 57.4 Å². The fourth-order valence-corrected chi connectivity index (χ4v) is 4.03. The van der Waals surface area contributed by atoms with E-state index in [1.54, 1.807) is 7.11 Å². The highest BCUT2D eigenvalue weighted by Crippen LogP contribution is 2.35. The molecule has 0 saturated carbocycles. The third-order valence-corrected chi connectivity index (χ3v) is 5.22. The average molecular weight is 327 g/mol. The molecular formula is C19H25N3O2. The molecule has 3 heterocycles. The predicted octanol–water partition coefficient (Wildman–Crippen LogP) is 2.88. The van der Waals surface area contributed by atoms with E-state index in [0.717, 1.165) is 66.9 Å². The molecule has 0 atom stereocenters. The van der Waals surface area contributed by atoms with Crippen LogP contribution in [0.3, 0.4) is 0 Å². The molecule has 1 fully saturated rings. The number of ether oxygens (including phenoxy) is 1. The van der Waals surface area contributed by atoms with Crippen LogP contribution in [-0.2, 0) is 13.0 Å². The van der Waals surface area contributed by atoms with E-state index in [9.17, 15) is 4.79 Å². The highest BCUT2D eigenvalue weighted by atomic mass is 16.5. The van der Waals surface area contributed by atoms with Crippen LogP contribution in [0.1, 0.15) is 36.8 Å². The van der Waals surface area contributed by atoms with Crippen LogP contribution in [-0.4, -0.2) is 36.6 Å². The Morgan fingerprint density at radius 1 is 1.17 bits per heavy atom. The van der Waals surface area contributed by atoms with Crippen LogP contribution >= 0.6 is 0 Å². The zero-order valence-corrected chi connectivity index (χ0v) is 14.3. The number of aromatic amines is 1. The number of methoxy groups -OCH3 is 1. The zero-order valence-electron chi connectivity index (χ0n) is 14.3. The molecule has 2 aliphatic heterocycles. The normalized spacial score (nSPS) is 18.2. The van der Waals surface area contributed by atoms with Crippen LogP contribution in [0.15, 0.2) is 16.9 Å². The lowest BCUT2D eigenvalue weighted by atomic mass is 9.99. The Morgan fingerprint density at radius 2 is 2.00 bits per heavy atom. The smallest absolute Gasteiger partial charge is 0.253 e. The summed E-state index contributed by atoms with van der Waals surface area (Å²) >= 11 is 0. The zero-order chi connectivity index (χ0) is 16.5. The number of pyridine rings is 1. The van der Waals surface area contributed by atoms with Crippen molar-refractivity contribution in [3.05, 3.63) is 33.6 Å². The molecule has 0 amide bonds. The first-order valence-electron chi connectivity index (χ1n) is 8.98. The van der Waals surface area contributed by atoms with E-state index in [1.807, 2.05) is 0 Å². The predicted molar refractivity (Wildman–Crippen MR) is 97.1 cm³/mol. The number of likely N-dealkylation sites (tertiary alicyclic amines) is 1. The molecule has 1 aromatic heterocycles. The number of benzene rings is 1. The summed E-state index contributed by atoms with van der Waals surface area (Å²) in [5.74, 6) is 0.849. The van der Waals surface area contributed by atoms with E-state index in [2.05, 4.69) is 27.3 Å². The minimum absolute atomic E-state index is 0.0295. The second-order valence-corrected chi connectivity index (χ2v) is 6.90. The third-order valence-electron chi connectivity index (χ3n) is 5.22. The molecule has 0 bridgehead atoms. The van der Waals surface area contributed by atoms with E-state index < -0.39 is 0 Å². The Balaban J connectivity index is 1.80. The molecular weight excluding hydrogens is 302 g/mol. The van der Waals surface area contributed by atoms with E-state index in [-0.39, 0.29) is 5.56 Å². The largest absolute Gasteiger partial charge is 0.496 e. The maximum atomic E-state index is 12.4. The van der Waals surface area contributed by atoms with Gasteiger partial charge in [0.15, 0.2) is 0 Å². The molecule has 0 spiro atoms. The van der Waals surface area contributed by atoms with Crippen molar-refractivity contribution in [3.8, 4) is 5.75 Å². The molecule has 24 heavy (non-hydrogen) atoms. The molecule has 0 unspecified atom stereocenters. The van der Waals surface area contributed by atoms with Gasteiger partial charge in [0.05, 0.1) is 23.7 Å². The Bertz CT molecular complexity index is 806. The van der Waals surface area contributed by atoms with Gasteiger partial charge in [0.25, 0.3) is 5.56 Å². The lowest BCUT2D eigenvalue weighted by Crippen LogP contribution is -2.29.